The van der Waals surface area contributed by atoms with Gasteiger partial charge in [-0.15, -0.1) is 0 Å². The Morgan fingerprint density at radius 1 is 1.19 bits per heavy atom. The Morgan fingerprint density at radius 3 is 2.48 bits per heavy atom. The van der Waals surface area contributed by atoms with Crippen LogP contribution < -0.4 is 34.7 Å². The van der Waals surface area contributed by atoms with Gasteiger partial charge in [-0.2, -0.15) is 0 Å². The van der Waals surface area contributed by atoms with Crippen molar-refractivity contribution in [2.45, 2.75) is 90.1 Å². The molecule has 2 unspecified atom stereocenters. The van der Waals surface area contributed by atoms with Gasteiger partial charge in [0.25, 0.3) is 0 Å². The average Bonchev–Trinajstić information content (AvgIpc) is 2.65. The molecular formula is C23H37NaO7. The number of fused-ring (bicyclic) bond motifs is 1. The predicted octanol–water partition coefficient (Wildman–Crippen LogP) is -1.81. The molecule has 31 heavy (non-hydrogen) atoms. The third-order valence-corrected chi connectivity index (χ3v) is 6.87. The minimum absolute atomic E-state index is 0. The first-order valence-corrected chi connectivity index (χ1v) is 11.2. The largest absolute Gasteiger partial charge is 1.00 e. The van der Waals surface area contributed by atoms with Crippen molar-refractivity contribution in [2.24, 2.45) is 29.6 Å². The molecule has 0 amide bonds. The molecule has 0 spiro atoms. The number of hydrogen-bond acceptors (Lipinski definition) is 7. The molecule has 2 aliphatic carbocycles. The van der Waals surface area contributed by atoms with Crippen molar-refractivity contribution in [3.63, 3.8) is 0 Å². The van der Waals surface area contributed by atoms with E-state index in [9.17, 15) is 30.0 Å². The first kappa shape index (κ1) is 28.6. The van der Waals surface area contributed by atoms with Crippen molar-refractivity contribution in [3.05, 3.63) is 12.2 Å². The molecule has 3 N–H and O–H groups in total. The van der Waals surface area contributed by atoms with Gasteiger partial charge in [-0.25, -0.2) is 0 Å². The fourth-order valence-corrected chi connectivity index (χ4v) is 4.99. The maximum Gasteiger partial charge on any atom is 1.00 e. The zero-order valence-electron chi connectivity index (χ0n) is 19.3. The smallest absolute Gasteiger partial charge is 0.550 e. The van der Waals surface area contributed by atoms with Crippen molar-refractivity contribution in [1.82, 2.24) is 0 Å². The van der Waals surface area contributed by atoms with Gasteiger partial charge >= 0.3 is 35.5 Å². The van der Waals surface area contributed by atoms with Crippen LogP contribution in [-0.2, 0) is 14.3 Å². The van der Waals surface area contributed by atoms with Gasteiger partial charge in [0.05, 0.1) is 24.2 Å². The number of carbonyl (C=O) groups excluding carboxylic acids is 2. The summed E-state index contributed by atoms with van der Waals surface area (Å²) in [6.07, 6.45) is 3.78. The second-order valence-corrected chi connectivity index (χ2v) is 9.26. The number of rotatable bonds is 10. The summed E-state index contributed by atoms with van der Waals surface area (Å²) in [6.45, 7) is 5.89. The third-order valence-electron chi connectivity index (χ3n) is 6.87. The van der Waals surface area contributed by atoms with E-state index < -0.39 is 30.7 Å². The summed E-state index contributed by atoms with van der Waals surface area (Å²) in [5.41, 5.74) is 0. The number of esters is 1. The number of aliphatic carboxylic acids is 1. The molecule has 0 radical (unpaired) electrons. The molecule has 0 aliphatic heterocycles. The Labute approximate surface area is 207 Å². The van der Waals surface area contributed by atoms with Gasteiger partial charge in [-0.3, -0.25) is 4.79 Å². The molecule has 0 aromatic rings. The summed E-state index contributed by atoms with van der Waals surface area (Å²) in [6, 6.07) is 0. The molecule has 2 aliphatic rings. The van der Waals surface area contributed by atoms with E-state index in [2.05, 4.69) is 19.1 Å². The van der Waals surface area contributed by atoms with Crippen molar-refractivity contribution in [3.8, 4) is 0 Å². The van der Waals surface area contributed by atoms with Gasteiger partial charge in [-0.1, -0.05) is 32.9 Å². The number of carbonyl (C=O) groups is 2. The van der Waals surface area contributed by atoms with E-state index in [-0.39, 0.29) is 77.6 Å². The Bertz CT molecular complexity index is 611. The van der Waals surface area contributed by atoms with E-state index >= 15 is 0 Å². The fraction of sp³-hybridized carbons (Fsp3) is 0.826. The van der Waals surface area contributed by atoms with Crippen molar-refractivity contribution in [2.75, 3.05) is 0 Å². The summed E-state index contributed by atoms with van der Waals surface area (Å²) in [5, 5.41) is 40.9. The number of ether oxygens (including phenoxy) is 1. The van der Waals surface area contributed by atoms with Crippen molar-refractivity contribution < 1.29 is 64.3 Å². The maximum absolute atomic E-state index is 12.4. The van der Waals surface area contributed by atoms with E-state index in [0.717, 1.165) is 0 Å². The van der Waals surface area contributed by atoms with Gasteiger partial charge in [0.2, 0.25) is 0 Å². The van der Waals surface area contributed by atoms with Gasteiger partial charge in [0, 0.05) is 24.7 Å². The van der Waals surface area contributed by atoms with E-state index in [0.29, 0.717) is 32.1 Å². The van der Waals surface area contributed by atoms with Crippen LogP contribution in [0, 0.1) is 29.6 Å². The molecule has 2 rings (SSSR count). The first-order chi connectivity index (χ1) is 14.1. The molecule has 0 aromatic heterocycles. The summed E-state index contributed by atoms with van der Waals surface area (Å²) in [7, 11) is 0. The predicted molar refractivity (Wildman–Crippen MR) is 109 cm³/mol. The Kier molecular flexibility index (Phi) is 12.3. The number of aliphatic hydroxyl groups is 3. The number of hydrogen-bond donors (Lipinski definition) is 3. The number of aliphatic hydroxyl groups excluding tert-OH is 3. The Morgan fingerprint density at radius 2 is 1.87 bits per heavy atom. The van der Waals surface area contributed by atoms with Crippen molar-refractivity contribution >= 4 is 11.9 Å². The molecule has 0 aromatic carbocycles. The molecule has 0 heterocycles. The second kappa shape index (κ2) is 13.3. The van der Waals surface area contributed by atoms with Crippen LogP contribution in [0.4, 0.5) is 0 Å². The van der Waals surface area contributed by atoms with Crippen LogP contribution in [0.5, 0.6) is 0 Å². The second-order valence-electron chi connectivity index (χ2n) is 9.26. The summed E-state index contributed by atoms with van der Waals surface area (Å²) >= 11 is 0. The van der Waals surface area contributed by atoms with E-state index in [1.54, 1.807) is 0 Å². The van der Waals surface area contributed by atoms with E-state index in [4.69, 9.17) is 4.74 Å². The molecule has 1 fully saturated rings. The number of carboxylic acid groups (broad SMARTS) is 1. The topological polar surface area (TPSA) is 127 Å². The summed E-state index contributed by atoms with van der Waals surface area (Å²) < 4.78 is 5.87. The van der Waals surface area contributed by atoms with Gasteiger partial charge in [-0.05, 0) is 49.9 Å². The van der Waals surface area contributed by atoms with Crippen LogP contribution in [0.3, 0.4) is 0 Å². The van der Waals surface area contributed by atoms with Crippen LogP contribution in [0.25, 0.3) is 0 Å². The summed E-state index contributed by atoms with van der Waals surface area (Å²) in [4.78, 5) is 23.0. The minimum Gasteiger partial charge on any atom is -0.550 e. The SMILES string of the molecule is CCC(C)C(=O)O[C@H]1C[C@H](O)CC2C=C[C@H](C)[C@H](CC[C@@H](O)C[C@@H](O)CC(=O)[O-])[C@H]21.[Na+]. The van der Waals surface area contributed by atoms with Gasteiger partial charge in [0.1, 0.15) is 6.10 Å². The minimum atomic E-state index is -1.34. The van der Waals surface area contributed by atoms with Crippen LogP contribution in [0.1, 0.15) is 65.7 Å². The normalized spacial score (nSPS) is 32.8. The fourth-order valence-electron chi connectivity index (χ4n) is 4.99. The third kappa shape index (κ3) is 8.45. The Hall–Kier alpha value is -0.440. The van der Waals surface area contributed by atoms with E-state index in [1.807, 2.05) is 13.8 Å². The monoisotopic (exact) mass is 448 g/mol. The molecule has 8 heteroatoms. The molecule has 0 bridgehead atoms. The average molecular weight is 449 g/mol. The van der Waals surface area contributed by atoms with Crippen LogP contribution in [-0.4, -0.2) is 51.7 Å². The number of allylic oxidation sites excluding steroid dienone is 2. The van der Waals surface area contributed by atoms with Gasteiger partial charge in [0.15, 0.2) is 0 Å². The van der Waals surface area contributed by atoms with Crippen molar-refractivity contribution in [1.29, 1.82) is 0 Å². The maximum atomic E-state index is 12.4. The van der Waals surface area contributed by atoms with Crippen LogP contribution >= 0.6 is 0 Å². The van der Waals surface area contributed by atoms with Crippen LogP contribution in [0.15, 0.2) is 12.2 Å². The van der Waals surface area contributed by atoms with E-state index in [1.165, 1.54) is 0 Å². The standard InChI is InChI=1S/C23H38O7.Na/c1-4-13(2)23(29)30-20-11-17(25)9-15-6-5-14(3)19(22(15)20)8-7-16(24)10-18(26)12-21(27)28;/h5-6,13-20,22,24-26H,4,7-12H2,1-3H3,(H,27,28);/q;+1/p-1/t13?,14-,15?,16+,17+,18+,19-,20-,22-;/m0./s1. The zero-order valence-corrected chi connectivity index (χ0v) is 21.3. The molecule has 0 saturated heterocycles. The molecule has 7 nitrogen and oxygen atoms in total. The molecular weight excluding hydrogens is 411 g/mol. The Balaban J connectivity index is 0.00000480. The first-order valence-electron chi connectivity index (χ1n) is 11.2. The zero-order chi connectivity index (χ0) is 22.4. The van der Waals surface area contributed by atoms with Crippen LogP contribution in [0.2, 0.25) is 0 Å². The quantitative estimate of drug-likeness (QED) is 0.204. The molecule has 9 atom stereocenters. The molecule has 1 saturated carbocycles. The molecule has 172 valence electrons. The summed E-state index contributed by atoms with van der Waals surface area (Å²) in [5.74, 6) is -1.18. The number of carboxylic acids is 1. The van der Waals surface area contributed by atoms with Gasteiger partial charge < -0.3 is 30.0 Å².